The summed E-state index contributed by atoms with van der Waals surface area (Å²) in [7, 11) is 3.93. The molecule has 0 spiro atoms. The Morgan fingerprint density at radius 3 is 2.54 bits per heavy atom. The molecule has 2 aromatic rings. The van der Waals surface area contributed by atoms with Crippen molar-refractivity contribution < 1.29 is 4.79 Å². The van der Waals surface area contributed by atoms with Gasteiger partial charge in [-0.05, 0) is 38.5 Å². The number of allylic oxidation sites excluding steroid dienone is 3. The van der Waals surface area contributed by atoms with Gasteiger partial charge in [0.1, 0.15) is 4.83 Å². The van der Waals surface area contributed by atoms with E-state index in [0.29, 0.717) is 4.88 Å². The molecule has 126 valence electrons. The van der Waals surface area contributed by atoms with Gasteiger partial charge < -0.3 is 4.90 Å². The van der Waals surface area contributed by atoms with E-state index in [9.17, 15) is 4.79 Å². The molecular weight excluding hydrogens is 320 g/mol. The highest BCUT2D eigenvalue weighted by Gasteiger charge is 2.21. The van der Waals surface area contributed by atoms with Crippen LogP contribution in [0, 0.1) is 5.41 Å². The first-order chi connectivity index (χ1) is 11.4. The van der Waals surface area contributed by atoms with E-state index < -0.39 is 0 Å². The summed E-state index contributed by atoms with van der Waals surface area (Å²) in [6.07, 6.45) is 6.58. The molecule has 2 rings (SSSR count). The number of nitrogens with one attached hydrogen (secondary N) is 1. The Kier molecular flexibility index (Phi) is 5.51. The maximum Gasteiger partial charge on any atom is 0.273 e. The van der Waals surface area contributed by atoms with E-state index in [1.165, 1.54) is 16.2 Å². The third-order valence-corrected chi connectivity index (χ3v) is 4.85. The van der Waals surface area contributed by atoms with Crippen molar-refractivity contribution in [2.75, 3.05) is 19.0 Å². The molecular formula is C18H22N4OS. The number of amides is 1. The number of fused-ring (bicyclic) bond motifs is 1. The predicted octanol–water partition coefficient (Wildman–Crippen LogP) is 4.28. The second-order valence-corrected chi connectivity index (χ2v) is 6.53. The average molecular weight is 342 g/mol. The number of carbonyl (C=O) groups is 1. The standard InChI is InChI=1S/C18H22N4OS/c1-6-12(3)14(7-2)22(11-19)18(23)16-10-13-15(21(4)5)8-9-20-17(13)24-16/h6-11,19H,1-5H3/b12-6-,14-7+,19-11?. The minimum atomic E-state index is -0.216. The minimum absolute atomic E-state index is 0.216. The second-order valence-electron chi connectivity index (χ2n) is 5.50. The van der Waals surface area contributed by atoms with Gasteiger partial charge in [-0.15, -0.1) is 11.3 Å². The van der Waals surface area contributed by atoms with Crippen LogP contribution in [-0.4, -0.2) is 36.2 Å². The molecule has 2 heterocycles. The zero-order valence-electron chi connectivity index (χ0n) is 14.6. The predicted molar refractivity (Wildman–Crippen MR) is 102 cm³/mol. The smallest absolute Gasteiger partial charge is 0.273 e. The number of nitrogens with zero attached hydrogens (tertiary/aromatic N) is 3. The number of aromatic nitrogens is 1. The number of rotatable bonds is 5. The van der Waals surface area contributed by atoms with Gasteiger partial charge in [0.25, 0.3) is 5.91 Å². The molecule has 0 fully saturated rings. The van der Waals surface area contributed by atoms with Gasteiger partial charge in [-0.1, -0.05) is 12.2 Å². The fourth-order valence-corrected chi connectivity index (χ4v) is 3.44. The van der Waals surface area contributed by atoms with Crippen LogP contribution in [0.25, 0.3) is 10.2 Å². The van der Waals surface area contributed by atoms with Crippen LogP contribution < -0.4 is 4.90 Å². The van der Waals surface area contributed by atoms with Gasteiger partial charge >= 0.3 is 0 Å². The molecule has 1 N–H and O–H groups in total. The monoisotopic (exact) mass is 342 g/mol. The molecule has 0 aliphatic rings. The quantitative estimate of drug-likeness (QED) is 0.501. The number of thiophene rings is 1. The van der Waals surface area contributed by atoms with E-state index >= 15 is 0 Å². The normalized spacial score (nSPS) is 12.4. The van der Waals surface area contributed by atoms with E-state index in [2.05, 4.69) is 4.98 Å². The molecule has 0 atom stereocenters. The number of anilines is 1. The number of hydrogen-bond donors (Lipinski definition) is 1. The zero-order valence-corrected chi connectivity index (χ0v) is 15.4. The molecule has 0 saturated carbocycles. The van der Waals surface area contributed by atoms with Gasteiger partial charge in [-0.25, -0.2) is 4.98 Å². The summed E-state index contributed by atoms with van der Waals surface area (Å²) < 4.78 is 0. The number of carbonyl (C=O) groups excluding carboxylic acids is 1. The molecule has 1 amide bonds. The molecule has 5 nitrogen and oxygen atoms in total. The van der Waals surface area contributed by atoms with Crippen LogP contribution in [0.15, 0.2) is 41.8 Å². The summed E-state index contributed by atoms with van der Waals surface area (Å²) in [5.41, 5.74) is 2.69. The van der Waals surface area contributed by atoms with E-state index in [4.69, 9.17) is 5.41 Å². The zero-order chi connectivity index (χ0) is 17.9. The van der Waals surface area contributed by atoms with E-state index in [1.807, 2.05) is 64.1 Å². The summed E-state index contributed by atoms with van der Waals surface area (Å²) in [5, 5.41) is 8.63. The first-order valence-corrected chi connectivity index (χ1v) is 8.45. The lowest BCUT2D eigenvalue weighted by Gasteiger charge is -2.20. The van der Waals surface area contributed by atoms with Gasteiger partial charge in [0, 0.05) is 37.1 Å². The molecule has 6 heteroatoms. The van der Waals surface area contributed by atoms with Gasteiger partial charge in [-0.2, -0.15) is 0 Å². The van der Waals surface area contributed by atoms with Crippen LogP contribution in [0.3, 0.4) is 0 Å². The van der Waals surface area contributed by atoms with Gasteiger partial charge in [0.15, 0.2) is 0 Å². The number of pyridine rings is 1. The summed E-state index contributed by atoms with van der Waals surface area (Å²) in [6.45, 7) is 5.70. The summed E-state index contributed by atoms with van der Waals surface area (Å²) >= 11 is 1.35. The third-order valence-electron chi connectivity index (χ3n) is 3.82. The summed E-state index contributed by atoms with van der Waals surface area (Å²) in [4.78, 5) is 22.0. The Morgan fingerprint density at radius 1 is 1.29 bits per heavy atom. The minimum Gasteiger partial charge on any atom is -0.377 e. The van der Waals surface area contributed by atoms with Gasteiger partial charge in [0.2, 0.25) is 0 Å². The Labute approximate surface area is 146 Å². The highest BCUT2D eigenvalue weighted by atomic mass is 32.1. The SMILES string of the molecule is C/C=C(C)\C(=C/C)N(C=N)C(=O)c1cc2c(N(C)C)ccnc2s1. The van der Waals surface area contributed by atoms with E-state index in [0.717, 1.165) is 33.5 Å². The lowest BCUT2D eigenvalue weighted by molar-refractivity contribution is 0.0887. The molecule has 0 aliphatic carbocycles. The van der Waals surface area contributed by atoms with E-state index in [1.54, 1.807) is 6.20 Å². The molecule has 0 radical (unpaired) electrons. The highest BCUT2D eigenvalue weighted by Crippen LogP contribution is 2.32. The Morgan fingerprint density at radius 2 is 2.00 bits per heavy atom. The summed E-state index contributed by atoms with van der Waals surface area (Å²) in [5.74, 6) is -0.216. The molecule has 24 heavy (non-hydrogen) atoms. The van der Waals surface area contributed by atoms with Crippen molar-refractivity contribution in [1.29, 1.82) is 5.41 Å². The fraction of sp³-hybridized carbons (Fsp3) is 0.278. The van der Waals surface area contributed by atoms with Crippen LogP contribution in [0.5, 0.6) is 0 Å². The molecule has 2 aromatic heterocycles. The Balaban J connectivity index is 2.50. The van der Waals surface area contributed by atoms with Crippen LogP contribution in [0.2, 0.25) is 0 Å². The summed E-state index contributed by atoms with van der Waals surface area (Å²) in [6, 6.07) is 3.79. The van der Waals surface area contributed by atoms with E-state index in [-0.39, 0.29) is 5.91 Å². The molecule has 0 saturated heterocycles. The maximum atomic E-state index is 12.9. The van der Waals surface area contributed by atoms with Gasteiger partial charge in [0.05, 0.1) is 11.2 Å². The second kappa shape index (κ2) is 7.40. The van der Waals surface area contributed by atoms with Crippen LogP contribution in [0.1, 0.15) is 30.4 Å². The Hall–Kier alpha value is -2.47. The highest BCUT2D eigenvalue weighted by molar-refractivity contribution is 7.20. The number of hydrogen-bond acceptors (Lipinski definition) is 5. The van der Waals surface area contributed by atoms with Crippen molar-refractivity contribution >= 4 is 39.5 Å². The lowest BCUT2D eigenvalue weighted by atomic mass is 10.1. The fourth-order valence-electron chi connectivity index (χ4n) is 2.48. The van der Waals surface area contributed by atoms with Crippen molar-refractivity contribution in [1.82, 2.24) is 9.88 Å². The third kappa shape index (κ3) is 3.23. The van der Waals surface area contributed by atoms with Crippen LogP contribution in [0.4, 0.5) is 5.69 Å². The van der Waals surface area contributed by atoms with Crippen molar-refractivity contribution in [3.05, 3.63) is 46.6 Å². The largest absolute Gasteiger partial charge is 0.377 e. The lowest BCUT2D eigenvalue weighted by Crippen LogP contribution is -2.28. The van der Waals surface area contributed by atoms with Crippen LogP contribution >= 0.6 is 11.3 Å². The van der Waals surface area contributed by atoms with Gasteiger partial charge in [-0.3, -0.25) is 15.1 Å². The average Bonchev–Trinajstić information content (AvgIpc) is 3.02. The Bertz CT molecular complexity index is 833. The molecule has 0 aromatic carbocycles. The van der Waals surface area contributed by atoms with Crippen molar-refractivity contribution in [3.8, 4) is 0 Å². The maximum absolute atomic E-state index is 12.9. The first kappa shape index (κ1) is 17.9. The molecule has 0 aliphatic heterocycles. The van der Waals surface area contributed by atoms with Crippen molar-refractivity contribution in [2.24, 2.45) is 0 Å². The van der Waals surface area contributed by atoms with Crippen molar-refractivity contribution in [2.45, 2.75) is 20.8 Å². The molecule has 0 unspecified atom stereocenters. The topological polar surface area (TPSA) is 60.3 Å². The van der Waals surface area contributed by atoms with Crippen molar-refractivity contribution in [3.63, 3.8) is 0 Å². The molecule has 0 bridgehead atoms. The first-order valence-electron chi connectivity index (χ1n) is 7.64. The van der Waals surface area contributed by atoms with Crippen LogP contribution in [-0.2, 0) is 0 Å².